The number of hydrogen-bond donors (Lipinski definition) is 1. The lowest BCUT2D eigenvalue weighted by Gasteiger charge is -2.19. The van der Waals surface area contributed by atoms with Gasteiger partial charge in [0.15, 0.2) is 0 Å². The van der Waals surface area contributed by atoms with Crippen molar-refractivity contribution in [2.75, 3.05) is 13.6 Å². The Bertz CT molecular complexity index is 654. The van der Waals surface area contributed by atoms with Crippen LogP contribution < -0.4 is 5.14 Å². The van der Waals surface area contributed by atoms with E-state index in [2.05, 4.69) is 0 Å². The van der Waals surface area contributed by atoms with Gasteiger partial charge in [-0.2, -0.15) is 0 Å². The molecule has 0 spiro atoms. The van der Waals surface area contributed by atoms with E-state index in [-0.39, 0.29) is 21.4 Å². The Hall–Kier alpha value is -1.11. The fourth-order valence-corrected chi connectivity index (χ4v) is 3.26. The van der Waals surface area contributed by atoms with Crippen molar-refractivity contribution >= 4 is 27.5 Å². The smallest absolute Gasteiger partial charge is 0.253 e. The number of rotatable bonds is 4. The molecular formula is C13H17ClN2O3S. The van der Waals surface area contributed by atoms with Crippen LogP contribution in [-0.2, 0) is 10.0 Å². The van der Waals surface area contributed by atoms with Gasteiger partial charge in [-0.3, -0.25) is 4.79 Å². The average Bonchev–Trinajstić information content (AvgIpc) is 3.13. The van der Waals surface area contributed by atoms with Crippen molar-refractivity contribution in [1.29, 1.82) is 0 Å². The second-order valence-corrected chi connectivity index (χ2v) is 7.22. The summed E-state index contributed by atoms with van der Waals surface area (Å²) in [5.74, 6) is 0.322. The van der Waals surface area contributed by atoms with Crippen LogP contribution in [0.15, 0.2) is 17.0 Å². The van der Waals surface area contributed by atoms with Crippen molar-refractivity contribution in [3.05, 3.63) is 28.3 Å². The molecule has 0 atom stereocenters. The second kappa shape index (κ2) is 5.35. The van der Waals surface area contributed by atoms with Gasteiger partial charge in [0.05, 0.1) is 4.90 Å². The van der Waals surface area contributed by atoms with E-state index in [1.165, 1.54) is 12.1 Å². The number of nitrogens with two attached hydrogens (primary N) is 1. The zero-order valence-corrected chi connectivity index (χ0v) is 13.0. The number of carbonyl (C=O) groups is 1. The average molecular weight is 317 g/mol. The van der Waals surface area contributed by atoms with Crippen molar-refractivity contribution in [2.24, 2.45) is 11.1 Å². The Balaban J connectivity index is 2.40. The van der Waals surface area contributed by atoms with Crippen molar-refractivity contribution in [2.45, 2.75) is 24.7 Å². The molecule has 0 aliphatic heterocycles. The summed E-state index contributed by atoms with van der Waals surface area (Å²) in [6, 6.07) is 2.75. The van der Waals surface area contributed by atoms with Crippen molar-refractivity contribution in [3.8, 4) is 0 Å². The molecule has 0 saturated heterocycles. The minimum atomic E-state index is -3.90. The molecule has 7 heteroatoms. The fourth-order valence-electron chi connectivity index (χ4n) is 2.15. The topological polar surface area (TPSA) is 80.5 Å². The lowest BCUT2D eigenvalue weighted by molar-refractivity contribution is 0.0787. The molecule has 1 aliphatic rings. The summed E-state index contributed by atoms with van der Waals surface area (Å²) in [6.45, 7) is 2.24. The van der Waals surface area contributed by atoms with Gasteiger partial charge in [0, 0.05) is 24.2 Å². The summed E-state index contributed by atoms with van der Waals surface area (Å²) in [6.07, 6.45) is 2.27. The Kier molecular flexibility index (Phi) is 4.09. The van der Waals surface area contributed by atoms with E-state index in [1.807, 2.05) is 0 Å². The highest BCUT2D eigenvalue weighted by Crippen LogP contribution is 2.30. The van der Waals surface area contributed by atoms with Gasteiger partial charge in [-0.05, 0) is 43.4 Å². The highest BCUT2D eigenvalue weighted by atomic mass is 35.5. The third-order valence-corrected chi connectivity index (χ3v) is 4.69. The van der Waals surface area contributed by atoms with Gasteiger partial charge in [-0.1, -0.05) is 11.6 Å². The third kappa shape index (κ3) is 3.31. The number of sulfonamides is 1. The lowest BCUT2D eigenvalue weighted by atomic mass is 10.1. The molecule has 20 heavy (non-hydrogen) atoms. The standard InChI is InChI=1S/C13H17ClN2O3S/c1-8-11(13(17)16(2)7-9-3-4-9)5-10(14)6-12(8)20(15,18)19/h5-6,9H,3-4,7H2,1-2H3,(H2,15,18,19). The van der Waals surface area contributed by atoms with Crippen molar-refractivity contribution < 1.29 is 13.2 Å². The molecule has 1 amide bonds. The quantitative estimate of drug-likeness (QED) is 0.919. The first-order valence-electron chi connectivity index (χ1n) is 6.28. The van der Waals surface area contributed by atoms with Crippen LogP contribution in [0.25, 0.3) is 0 Å². The maximum Gasteiger partial charge on any atom is 0.253 e. The van der Waals surface area contributed by atoms with Gasteiger partial charge in [0.1, 0.15) is 0 Å². The van der Waals surface area contributed by atoms with Crippen LogP contribution in [0.4, 0.5) is 0 Å². The molecule has 1 saturated carbocycles. The first-order chi connectivity index (χ1) is 9.20. The monoisotopic (exact) mass is 316 g/mol. The number of primary sulfonamides is 1. The van der Waals surface area contributed by atoms with Crippen LogP contribution in [-0.4, -0.2) is 32.8 Å². The highest BCUT2D eigenvalue weighted by molar-refractivity contribution is 7.89. The molecule has 0 heterocycles. The van der Waals surface area contributed by atoms with E-state index in [9.17, 15) is 13.2 Å². The zero-order chi connectivity index (χ0) is 15.1. The van der Waals surface area contributed by atoms with E-state index in [0.29, 0.717) is 18.0 Å². The molecule has 1 aromatic carbocycles. The normalized spacial score (nSPS) is 15.2. The number of halogens is 1. The van der Waals surface area contributed by atoms with Crippen LogP contribution in [0.1, 0.15) is 28.8 Å². The summed E-state index contributed by atoms with van der Waals surface area (Å²) in [5, 5.41) is 5.33. The predicted molar refractivity (Wildman–Crippen MR) is 77.2 cm³/mol. The second-order valence-electron chi connectivity index (χ2n) is 5.25. The van der Waals surface area contributed by atoms with Gasteiger partial charge in [-0.15, -0.1) is 0 Å². The van der Waals surface area contributed by atoms with E-state index in [0.717, 1.165) is 12.8 Å². The number of carbonyl (C=O) groups excluding carboxylic acids is 1. The minimum absolute atomic E-state index is 0.104. The predicted octanol–water partition coefficient (Wildman–Crippen LogP) is 1.78. The van der Waals surface area contributed by atoms with E-state index < -0.39 is 10.0 Å². The number of hydrogen-bond acceptors (Lipinski definition) is 3. The summed E-state index contributed by atoms with van der Waals surface area (Å²) >= 11 is 5.90. The molecular weight excluding hydrogens is 300 g/mol. The maximum atomic E-state index is 12.4. The first-order valence-corrected chi connectivity index (χ1v) is 8.21. The van der Waals surface area contributed by atoms with Gasteiger partial charge in [0.2, 0.25) is 10.0 Å². The molecule has 1 aromatic rings. The van der Waals surface area contributed by atoms with Gasteiger partial charge in [-0.25, -0.2) is 13.6 Å². The van der Waals surface area contributed by atoms with Crippen LogP contribution in [0.3, 0.4) is 0 Å². The Morgan fingerprint density at radius 2 is 2.05 bits per heavy atom. The summed E-state index contributed by atoms with van der Waals surface area (Å²) in [7, 11) is -2.20. The van der Waals surface area contributed by atoms with Crippen LogP contribution >= 0.6 is 11.6 Å². The fraction of sp³-hybridized carbons (Fsp3) is 0.462. The molecule has 1 aliphatic carbocycles. The van der Waals surface area contributed by atoms with Gasteiger partial charge >= 0.3 is 0 Å². The first kappa shape index (κ1) is 15.3. The maximum absolute atomic E-state index is 12.4. The molecule has 1 fully saturated rings. The van der Waals surface area contributed by atoms with Gasteiger partial charge in [0.25, 0.3) is 5.91 Å². The van der Waals surface area contributed by atoms with E-state index >= 15 is 0 Å². The molecule has 0 bridgehead atoms. The molecule has 0 aromatic heterocycles. The molecule has 5 nitrogen and oxygen atoms in total. The zero-order valence-electron chi connectivity index (χ0n) is 11.4. The highest BCUT2D eigenvalue weighted by Gasteiger charge is 2.27. The molecule has 2 rings (SSSR count). The molecule has 0 unspecified atom stereocenters. The molecule has 2 N–H and O–H groups in total. The Labute approximate surface area is 123 Å². The van der Waals surface area contributed by atoms with Crippen molar-refractivity contribution in [3.63, 3.8) is 0 Å². The SMILES string of the molecule is Cc1c(C(=O)N(C)CC2CC2)cc(Cl)cc1S(N)(=O)=O. The number of benzene rings is 1. The van der Waals surface area contributed by atoms with E-state index in [1.54, 1.807) is 18.9 Å². The minimum Gasteiger partial charge on any atom is -0.341 e. The Morgan fingerprint density at radius 3 is 2.55 bits per heavy atom. The summed E-state index contributed by atoms with van der Waals surface area (Å²) in [4.78, 5) is 13.9. The van der Waals surface area contributed by atoms with Gasteiger partial charge < -0.3 is 4.90 Å². The van der Waals surface area contributed by atoms with Crippen LogP contribution in [0.2, 0.25) is 5.02 Å². The Morgan fingerprint density at radius 1 is 1.45 bits per heavy atom. The third-order valence-electron chi connectivity index (χ3n) is 3.44. The number of amides is 1. The summed E-state index contributed by atoms with van der Waals surface area (Å²) < 4.78 is 23.1. The largest absolute Gasteiger partial charge is 0.341 e. The van der Waals surface area contributed by atoms with Crippen LogP contribution in [0.5, 0.6) is 0 Å². The lowest BCUT2D eigenvalue weighted by Crippen LogP contribution is -2.30. The van der Waals surface area contributed by atoms with E-state index in [4.69, 9.17) is 16.7 Å². The molecule has 0 radical (unpaired) electrons. The summed E-state index contributed by atoms with van der Waals surface area (Å²) in [5.41, 5.74) is 0.620. The van der Waals surface area contributed by atoms with Crippen molar-refractivity contribution in [1.82, 2.24) is 4.90 Å². The molecule has 110 valence electrons. The number of nitrogens with zero attached hydrogens (tertiary/aromatic N) is 1. The van der Waals surface area contributed by atoms with Crippen LogP contribution in [0, 0.1) is 12.8 Å².